The number of nitrogens with zero attached hydrogens (tertiary/aromatic N) is 3. The highest BCUT2D eigenvalue weighted by Gasteiger charge is 2.17. The monoisotopic (exact) mass is 727 g/mol. The van der Waals surface area contributed by atoms with Crippen LogP contribution in [0, 0.1) is 0 Å². The zero-order chi connectivity index (χ0) is 37.7. The number of hydrogen-bond donors (Lipinski definition) is 0. The summed E-state index contributed by atoms with van der Waals surface area (Å²) in [6.45, 7) is 0. The van der Waals surface area contributed by atoms with Gasteiger partial charge in [0, 0.05) is 27.5 Å². The van der Waals surface area contributed by atoms with Crippen LogP contribution >= 0.6 is 0 Å². The quantitative estimate of drug-likeness (QED) is 0.160. The van der Waals surface area contributed by atoms with Crippen molar-refractivity contribution in [1.29, 1.82) is 0 Å². The molecule has 0 aliphatic carbocycles. The van der Waals surface area contributed by atoms with Crippen LogP contribution < -0.4 is 0 Å². The number of benzene rings is 9. The molecule has 4 nitrogen and oxygen atoms in total. The Hall–Kier alpha value is -7.69. The highest BCUT2D eigenvalue weighted by Crippen LogP contribution is 2.39. The Kier molecular flexibility index (Phi) is 7.78. The van der Waals surface area contributed by atoms with Crippen molar-refractivity contribution in [1.82, 2.24) is 15.0 Å². The first-order valence-electron chi connectivity index (χ1n) is 19.2. The largest absolute Gasteiger partial charge is 0.456 e. The zero-order valence-electron chi connectivity index (χ0n) is 30.8. The zero-order valence-corrected chi connectivity index (χ0v) is 30.8. The minimum atomic E-state index is 0.582. The molecule has 4 heteroatoms. The SMILES string of the molecule is c1ccc(-c2cccc(-c3ccc(-c4nc(-c5ccc6c(ccc7ccccc76)c5)nc(-c5ccc6c(c5)oc5cccc(-c7ccccc7)c56)n4)cc3)c2)cc1. The molecule has 0 saturated heterocycles. The van der Waals surface area contributed by atoms with Crippen molar-refractivity contribution in [3.63, 3.8) is 0 Å². The van der Waals surface area contributed by atoms with Crippen molar-refractivity contribution in [2.75, 3.05) is 0 Å². The minimum absolute atomic E-state index is 0.582. The van der Waals surface area contributed by atoms with E-state index in [4.69, 9.17) is 19.4 Å². The summed E-state index contributed by atoms with van der Waals surface area (Å²) in [5, 5.41) is 6.92. The van der Waals surface area contributed by atoms with E-state index in [1.54, 1.807) is 0 Å². The molecule has 0 saturated carbocycles. The second kappa shape index (κ2) is 13.6. The summed E-state index contributed by atoms with van der Waals surface area (Å²) in [5.41, 5.74) is 11.3. The summed E-state index contributed by atoms with van der Waals surface area (Å²) in [6, 6.07) is 70.0. The number of aromatic nitrogens is 3. The molecule has 266 valence electrons. The fourth-order valence-corrected chi connectivity index (χ4v) is 8.06. The molecule has 0 radical (unpaired) electrons. The predicted molar refractivity (Wildman–Crippen MR) is 235 cm³/mol. The molecule has 11 rings (SSSR count). The van der Waals surface area contributed by atoms with Crippen molar-refractivity contribution in [2.24, 2.45) is 0 Å². The molecular weight excluding hydrogens is 695 g/mol. The maximum atomic E-state index is 6.51. The summed E-state index contributed by atoms with van der Waals surface area (Å²) in [6.07, 6.45) is 0. The van der Waals surface area contributed by atoms with E-state index in [1.807, 2.05) is 18.2 Å². The summed E-state index contributed by atoms with van der Waals surface area (Å²) in [5.74, 6) is 1.80. The molecule has 0 bridgehead atoms. The molecule has 11 aromatic rings. The van der Waals surface area contributed by atoms with Crippen LogP contribution in [0.2, 0.25) is 0 Å². The number of furan rings is 1. The predicted octanol–water partition coefficient (Wildman–Crippen LogP) is 14.1. The molecular formula is C53H33N3O. The van der Waals surface area contributed by atoms with Crippen LogP contribution in [0.5, 0.6) is 0 Å². The molecule has 0 atom stereocenters. The average molecular weight is 728 g/mol. The summed E-state index contributed by atoms with van der Waals surface area (Å²) in [7, 11) is 0. The Morgan fingerprint density at radius 3 is 1.56 bits per heavy atom. The van der Waals surface area contributed by atoms with Crippen LogP contribution in [0.15, 0.2) is 205 Å². The van der Waals surface area contributed by atoms with Crippen LogP contribution in [-0.4, -0.2) is 15.0 Å². The van der Waals surface area contributed by atoms with Gasteiger partial charge in [0.25, 0.3) is 0 Å². The third kappa shape index (κ3) is 5.92. The van der Waals surface area contributed by atoms with Gasteiger partial charge in [0.2, 0.25) is 0 Å². The molecule has 0 fully saturated rings. The van der Waals surface area contributed by atoms with E-state index in [0.29, 0.717) is 17.5 Å². The van der Waals surface area contributed by atoms with Crippen molar-refractivity contribution in [3.8, 4) is 67.5 Å². The van der Waals surface area contributed by atoms with Gasteiger partial charge >= 0.3 is 0 Å². The Balaban J connectivity index is 1.03. The molecule has 0 spiro atoms. The Morgan fingerprint density at radius 2 is 0.807 bits per heavy atom. The molecule has 0 aliphatic heterocycles. The summed E-state index contributed by atoms with van der Waals surface area (Å²) in [4.78, 5) is 15.4. The van der Waals surface area contributed by atoms with E-state index in [-0.39, 0.29) is 0 Å². The fraction of sp³-hybridized carbons (Fsp3) is 0. The van der Waals surface area contributed by atoms with Gasteiger partial charge in [-0.25, -0.2) is 15.0 Å². The van der Waals surface area contributed by atoms with E-state index in [1.165, 1.54) is 27.3 Å². The molecule has 0 amide bonds. The fourth-order valence-electron chi connectivity index (χ4n) is 8.06. The van der Waals surface area contributed by atoms with Gasteiger partial charge in [-0.05, 0) is 85.3 Å². The van der Waals surface area contributed by atoms with Crippen LogP contribution in [0.1, 0.15) is 0 Å². The van der Waals surface area contributed by atoms with Crippen LogP contribution in [0.25, 0.3) is 111 Å². The van der Waals surface area contributed by atoms with Crippen LogP contribution in [0.4, 0.5) is 0 Å². The number of hydrogen-bond acceptors (Lipinski definition) is 4. The second-order valence-corrected chi connectivity index (χ2v) is 14.4. The molecule has 2 heterocycles. The Morgan fingerprint density at radius 1 is 0.281 bits per heavy atom. The molecule has 9 aromatic carbocycles. The standard InChI is InChI=1S/C53H33N3O/c1-3-11-34(12-4-1)39-16-9-17-40(31-39)35-21-24-38(25-22-35)51-54-52(42-27-29-45-41(32-42)26-23-37-15-7-8-18-44(37)45)56-53(55-51)43-28-30-47-49(33-43)57-48-20-10-19-46(50(47)48)36-13-5-2-6-14-36/h1-33H. The maximum absolute atomic E-state index is 6.51. The van der Waals surface area contributed by atoms with Crippen LogP contribution in [0.3, 0.4) is 0 Å². The maximum Gasteiger partial charge on any atom is 0.164 e. The highest BCUT2D eigenvalue weighted by molar-refractivity contribution is 6.13. The van der Waals surface area contributed by atoms with Gasteiger partial charge in [-0.15, -0.1) is 0 Å². The average Bonchev–Trinajstić information content (AvgIpc) is 3.68. The first-order chi connectivity index (χ1) is 28.2. The van der Waals surface area contributed by atoms with Gasteiger partial charge in [-0.2, -0.15) is 0 Å². The lowest BCUT2D eigenvalue weighted by atomic mass is 9.98. The van der Waals surface area contributed by atoms with Gasteiger partial charge in [-0.3, -0.25) is 0 Å². The Bertz CT molecular complexity index is 3280. The van der Waals surface area contributed by atoms with Gasteiger partial charge < -0.3 is 4.42 Å². The highest BCUT2D eigenvalue weighted by atomic mass is 16.3. The smallest absolute Gasteiger partial charge is 0.164 e. The Labute approximate surface area is 329 Å². The van der Waals surface area contributed by atoms with Crippen LogP contribution in [-0.2, 0) is 0 Å². The van der Waals surface area contributed by atoms with E-state index in [2.05, 4.69) is 182 Å². The van der Waals surface area contributed by atoms with Crippen molar-refractivity contribution in [2.45, 2.75) is 0 Å². The van der Waals surface area contributed by atoms with Crippen molar-refractivity contribution in [3.05, 3.63) is 200 Å². The first kappa shape index (κ1) is 32.7. The topological polar surface area (TPSA) is 51.8 Å². The number of rotatable bonds is 6. The lowest BCUT2D eigenvalue weighted by molar-refractivity contribution is 0.669. The molecule has 0 N–H and O–H groups in total. The third-order valence-electron chi connectivity index (χ3n) is 10.9. The van der Waals surface area contributed by atoms with Gasteiger partial charge in [0.05, 0.1) is 0 Å². The molecule has 57 heavy (non-hydrogen) atoms. The molecule has 0 aliphatic rings. The van der Waals surface area contributed by atoms with E-state index in [9.17, 15) is 0 Å². The van der Waals surface area contributed by atoms with Crippen molar-refractivity contribution >= 4 is 43.5 Å². The van der Waals surface area contributed by atoms with E-state index >= 15 is 0 Å². The lowest BCUT2D eigenvalue weighted by Crippen LogP contribution is -2.00. The molecule has 0 unspecified atom stereocenters. The van der Waals surface area contributed by atoms with Gasteiger partial charge in [-0.1, -0.05) is 170 Å². The molecule has 2 aromatic heterocycles. The minimum Gasteiger partial charge on any atom is -0.456 e. The summed E-state index contributed by atoms with van der Waals surface area (Å²) >= 11 is 0. The lowest BCUT2D eigenvalue weighted by Gasteiger charge is -2.11. The third-order valence-corrected chi connectivity index (χ3v) is 10.9. The van der Waals surface area contributed by atoms with E-state index < -0.39 is 0 Å². The van der Waals surface area contributed by atoms with Gasteiger partial charge in [0.1, 0.15) is 11.2 Å². The second-order valence-electron chi connectivity index (χ2n) is 14.4. The first-order valence-corrected chi connectivity index (χ1v) is 19.2. The van der Waals surface area contributed by atoms with E-state index in [0.717, 1.165) is 66.3 Å². The van der Waals surface area contributed by atoms with Crippen molar-refractivity contribution < 1.29 is 4.42 Å². The normalized spacial score (nSPS) is 11.5. The summed E-state index contributed by atoms with van der Waals surface area (Å²) < 4.78 is 6.51. The van der Waals surface area contributed by atoms with Gasteiger partial charge in [0.15, 0.2) is 17.5 Å². The number of fused-ring (bicyclic) bond motifs is 6.